The lowest BCUT2D eigenvalue weighted by Gasteiger charge is -2.14. The Morgan fingerprint density at radius 1 is 1.38 bits per heavy atom. The Morgan fingerprint density at radius 2 is 1.92 bits per heavy atom. The minimum Gasteiger partial charge on any atom is -0.464 e. The van der Waals surface area contributed by atoms with Crippen molar-refractivity contribution in [1.82, 2.24) is 5.01 Å². The van der Waals surface area contributed by atoms with E-state index in [0.717, 1.165) is 0 Å². The van der Waals surface area contributed by atoms with E-state index in [1.54, 1.807) is 24.3 Å². The van der Waals surface area contributed by atoms with Gasteiger partial charge < -0.3 is 5.11 Å². The number of nitrogens with zero attached hydrogens (tertiary/aromatic N) is 1. The van der Waals surface area contributed by atoms with Gasteiger partial charge in [0.1, 0.15) is 0 Å². The molecule has 13 heavy (non-hydrogen) atoms. The summed E-state index contributed by atoms with van der Waals surface area (Å²) in [5, 5.41) is 9.15. The van der Waals surface area contributed by atoms with Crippen molar-refractivity contribution < 1.29 is 9.90 Å². The summed E-state index contributed by atoms with van der Waals surface area (Å²) in [7, 11) is 0. The molecule has 0 aromatic heterocycles. The average Bonchev–Trinajstić information content (AvgIpc) is 2.17. The van der Waals surface area contributed by atoms with Crippen LogP contribution in [0.15, 0.2) is 36.9 Å². The van der Waals surface area contributed by atoms with Crippen LogP contribution < -0.4 is 5.84 Å². The molecule has 0 aliphatic heterocycles. The fraction of sp³-hybridized carbons (Fsp3) is 0. The second-order valence-electron chi connectivity index (χ2n) is 2.47. The van der Waals surface area contributed by atoms with Gasteiger partial charge in [-0.25, -0.2) is 15.6 Å². The highest BCUT2D eigenvalue weighted by atomic mass is 16.4. The van der Waals surface area contributed by atoms with Crippen LogP contribution in [0.25, 0.3) is 5.70 Å². The molecular weight excluding hydrogens is 168 g/mol. The molecule has 68 valence electrons. The van der Waals surface area contributed by atoms with Gasteiger partial charge >= 0.3 is 6.09 Å². The number of hydrogen-bond donors (Lipinski definition) is 2. The van der Waals surface area contributed by atoms with Gasteiger partial charge in [-0.15, -0.1) is 0 Å². The summed E-state index contributed by atoms with van der Waals surface area (Å²) in [4.78, 5) is 10.5. The lowest BCUT2D eigenvalue weighted by Crippen LogP contribution is -2.33. The molecule has 0 atom stereocenters. The maximum absolute atomic E-state index is 10.5. The van der Waals surface area contributed by atoms with Gasteiger partial charge in [0.05, 0.1) is 5.70 Å². The molecule has 0 radical (unpaired) electrons. The molecule has 1 rings (SSSR count). The maximum atomic E-state index is 10.5. The summed E-state index contributed by atoms with van der Waals surface area (Å²) >= 11 is 0. The van der Waals surface area contributed by atoms with Crippen LogP contribution in [0.2, 0.25) is 0 Å². The third kappa shape index (κ3) is 2.07. The monoisotopic (exact) mass is 178 g/mol. The van der Waals surface area contributed by atoms with E-state index in [4.69, 9.17) is 10.9 Å². The molecule has 1 amide bonds. The summed E-state index contributed by atoms with van der Waals surface area (Å²) in [5.74, 6) is 5.23. The summed E-state index contributed by atoms with van der Waals surface area (Å²) in [6, 6.07) is 8.89. The Kier molecular flexibility index (Phi) is 2.66. The molecule has 0 aliphatic carbocycles. The normalized spacial score (nSPS) is 9.31. The number of rotatable bonds is 2. The van der Waals surface area contributed by atoms with Gasteiger partial charge in [-0.05, 0) is 5.56 Å². The van der Waals surface area contributed by atoms with Crippen molar-refractivity contribution in [2.45, 2.75) is 0 Å². The first kappa shape index (κ1) is 9.28. The first-order valence-electron chi connectivity index (χ1n) is 3.65. The van der Waals surface area contributed by atoms with Crippen molar-refractivity contribution in [3.8, 4) is 0 Å². The molecule has 3 N–H and O–H groups in total. The van der Waals surface area contributed by atoms with E-state index in [1.807, 2.05) is 6.07 Å². The zero-order chi connectivity index (χ0) is 9.84. The third-order valence-electron chi connectivity index (χ3n) is 1.60. The molecule has 0 saturated heterocycles. The number of carboxylic acid groups (broad SMARTS) is 1. The topological polar surface area (TPSA) is 66.6 Å². The minimum atomic E-state index is -1.23. The highest BCUT2D eigenvalue weighted by Crippen LogP contribution is 2.13. The van der Waals surface area contributed by atoms with Crippen molar-refractivity contribution in [2.75, 3.05) is 0 Å². The van der Waals surface area contributed by atoms with Gasteiger partial charge in [-0.2, -0.15) is 0 Å². The number of carbonyl (C=O) groups is 1. The smallest absolute Gasteiger partial charge is 0.426 e. The van der Waals surface area contributed by atoms with E-state index < -0.39 is 6.09 Å². The Bertz CT molecular complexity index is 322. The molecule has 0 heterocycles. The van der Waals surface area contributed by atoms with Gasteiger partial charge in [0, 0.05) is 0 Å². The highest BCUT2D eigenvalue weighted by molar-refractivity contribution is 5.78. The van der Waals surface area contributed by atoms with Crippen LogP contribution >= 0.6 is 0 Å². The molecule has 0 aliphatic rings. The van der Waals surface area contributed by atoms with Crippen molar-refractivity contribution >= 4 is 11.8 Å². The zero-order valence-corrected chi connectivity index (χ0v) is 6.97. The predicted molar refractivity (Wildman–Crippen MR) is 49.5 cm³/mol. The zero-order valence-electron chi connectivity index (χ0n) is 6.97. The molecule has 4 nitrogen and oxygen atoms in total. The fourth-order valence-corrected chi connectivity index (χ4v) is 0.885. The van der Waals surface area contributed by atoms with Gasteiger partial charge in [0.25, 0.3) is 0 Å². The van der Waals surface area contributed by atoms with Gasteiger partial charge in [-0.1, -0.05) is 36.9 Å². The first-order chi connectivity index (χ1) is 6.13. The number of benzene rings is 1. The van der Waals surface area contributed by atoms with Crippen molar-refractivity contribution in [3.05, 3.63) is 42.5 Å². The van der Waals surface area contributed by atoms with E-state index in [0.29, 0.717) is 10.6 Å². The summed E-state index contributed by atoms with van der Waals surface area (Å²) in [6.07, 6.45) is -1.23. The fourth-order valence-electron chi connectivity index (χ4n) is 0.885. The average molecular weight is 178 g/mol. The van der Waals surface area contributed by atoms with E-state index in [1.165, 1.54) is 0 Å². The predicted octanol–water partition coefficient (Wildman–Crippen LogP) is 1.51. The molecule has 0 saturated carbocycles. The van der Waals surface area contributed by atoms with Crippen LogP contribution in [0.5, 0.6) is 0 Å². The van der Waals surface area contributed by atoms with Gasteiger partial charge in [0.2, 0.25) is 0 Å². The molecule has 1 aromatic rings. The number of nitrogens with two attached hydrogens (primary N) is 1. The van der Waals surface area contributed by atoms with E-state index >= 15 is 0 Å². The van der Waals surface area contributed by atoms with Crippen molar-refractivity contribution in [1.29, 1.82) is 0 Å². The Labute approximate surface area is 75.9 Å². The van der Waals surface area contributed by atoms with Crippen LogP contribution in [0.1, 0.15) is 5.56 Å². The van der Waals surface area contributed by atoms with E-state index in [2.05, 4.69) is 6.58 Å². The maximum Gasteiger partial charge on any atom is 0.426 e. The molecule has 1 aromatic carbocycles. The third-order valence-corrected chi connectivity index (χ3v) is 1.60. The van der Waals surface area contributed by atoms with Crippen LogP contribution in [0, 0.1) is 0 Å². The molecule has 0 fully saturated rings. The lowest BCUT2D eigenvalue weighted by atomic mass is 10.2. The largest absolute Gasteiger partial charge is 0.464 e. The Hall–Kier alpha value is -1.81. The second kappa shape index (κ2) is 3.73. The molecule has 0 spiro atoms. The number of hydrazine groups is 1. The molecule has 0 bridgehead atoms. The van der Waals surface area contributed by atoms with Gasteiger partial charge in [0.15, 0.2) is 0 Å². The van der Waals surface area contributed by atoms with Crippen LogP contribution in [-0.4, -0.2) is 16.2 Å². The number of amides is 1. The van der Waals surface area contributed by atoms with Crippen LogP contribution in [-0.2, 0) is 0 Å². The lowest BCUT2D eigenvalue weighted by molar-refractivity contribution is 0.167. The standard InChI is InChI=1S/C9H10N2O2/c1-7(11(10)9(12)13)8-5-3-2-4-6-8/h2-6H,1,10H2,(H,12,13). The van der Waals surface area contributed by atoms with E-state index in [-0.39, 0.29) is 5.70 Å². The van der Waals surface area contributed by atoms with E-state index in [9.17, 15) is 4.79 Å². The number of hydrogen-bond acceptors (Lipinski definition) is 2. The summed E-state index contributed by atoms with van der Waals surface area (Å²) in [5.41, 5.74) is 0.945. The minimum absolute atomic E-state index is 0.258. The van der Waals surface area contributed by atoms with Gasteiger partial charge in [-0.3, -0.25) is 0 Å². The van der Waals surface area contributed by atoms with Crippen LogP contribution in [0.3, 0.4) is 0 Å². The SMILES string of the molecule is C=C(c1ccccc1)N(N)C(=O)O. The van der Waals surface area contributed by atoms with Crippen LogP contribution in [0.4, 0.5) is 4.79 Å². The Morgan fingerprint density at radius 3 is 2.38 bits per heavy atom. The second-order valence-corrected chi connectivity index (χ2v) is 2.47. The summed E-state index contributed by atoms with van der Waals surface area (Å²) < 4.78 is 0. The molecule has 4 heteroatoms. The Balaban J connectivity index is 2.86. The quantitative estimate of drug-likeness (QED) is 0.410. The molecular formula is C9H10N2O2. The van der Waals surface area contributed by atoms with Crippen molar-refractivity contribution in [3.63, 3.8) is 0 Å². The first-order valence-corrected chi connectivity index (χ1v) is 3.65. The highest BCUT2D eigenvalue weighted by Gasteiger charge is 2.11. The summed E-state index contributed by atoms with van der Waals surface area (Å²) in [6.45, 7) is 3.57. The van der Waals surface area contributed by atoms with Crippen molar-refractivity contribution in [2.24, 2.45) is 5.84 Å². The molecule has 0 unspecified atom stereocenters.